The number of aromatic amines is 1. The van der Waals surface area contributed by atoms with Gasteiger partial charge in [-0.15, -0.1) is 0 Å². The third-order valence-electron chi connectivity index (χ3n) is 4.27. The number of hydrogen-bond acceptors (Lipinski definition) is 1. The van der Waals surface area contributed by atoms with Crippen LogP contribution in [0.2, 0.25) is 0 Å². The lowest BCUT2D eigenvalue weighted by Crippen LogP contribution is -2.42. The molecule has 0 atom stereocenters. The molecule has 0 amide bonds. The maximum Gasteiger partial charge on any atom is 0.191 e. The number of guanidine groups is 1. The number of rotatable bonds is 5. The monoisotopic (exact) mass is 310 g/mol. The number of aryl methyl sites for hydroxylation is 1. The number of benzene rings is 1. The number of aromatic nitrogens is 1. The van der Waals surface area contributed by atoms with Crippen molar-refractivity contribution in [3.05, 3.63) is 47.7 Å². The number of nitrogens with one attached hydrogen (secondary N) is 3. The molecule has 1 aliphatic rings. The molecule has 4 nitrogen and oxygen atoms in total. The van der Waals surface area contributed by atoms with Gasteiger partial charge in [0.2, 0.25) is 0 Å². The van der Waals surface area contributed by atoms with Crippen LogP contribution in [0.25, 0.3) is 10.9 Å². The predicted octanol–water partition coefficient (Wildman–Crippen LogP) is 3.29. The molecular weight excluding hydrogens is 284 g/mol. The van der Waals surface area contributed by atoms with Gasteiger partial charge in [0.15, 0.2) is 5.96 Å². The molecule has 0 unspecified atom stereocenters. The largest absolute Gasteiger partial charge is 0.361 e. The van der Waals surface area contributed by atoms with Gasteiger partial charge in [-0.2, -0.15) is 0 Å². The number of hydrogen-bond donors (Lipinski definition) is 3. The van der Waals surface area contributed by atoms with Crippen LogP contribution in [0.3, 0.4) is 0 Å². The van der Waals surface area contributed by atoms with Crippen molar-refractivity contribution in [3.8, 4) is 0 Å². The van der Waals surface area contributed by atoms with Crippen molar-refractivity contribution in [2.75, 3.05) is 13.1 Å². The highest BCUT2D eigenvalue weighted by molar-refractivity contribution is 5.84. The highest BCUT2D eigenvalue weighted by atomic mass is 15.2. The van der Waals surface area contributed by atoms with Gasteiger partial charge in [0.05, 0.1) is 0 Å². The number of nitrogens with zero attached hydrogens (tertiary/aromatic N) is 1. The molecule has 3 N–H and O–H groups in total. The van der Waals surface area contributed by atoms with E-state index in [0.717, 1.165) is 38.3 Å². The fourth-order valence-electron chi connectivity index (χ4n) is 3.04. The minimum atomic E-state index is 0.490. The SMILES string of the molecule is CCNC(=NCCc1c[nH]c2cc(C)ccc12)NC1CC=CC1. The van der Waals surface area contributed by atoms with Crippen LogP contribution in [-0.4, -0.2) is 30.1 Å². The second-order valence-electron chi connectivity index (χ2n) is 6.16. The first-order chi connectivity index (χ1) is 11.3. The van der Waals surface area contributed by atoms with Crippen molar-refractivity contribution in [1.29, 1.82) is 0 Å². The van der Waals surface area contributed by atoms with Gasteiger partial charge in [-0.1, -0.05) is 24.3 Å². The highest BCUT2D eigenvalue weighted by Gasteiger charge is 2.11. The Balaban J connectivity index is 1.62. The Bertz CT molecular complexity index is 703. The fourth-order valence-corrected chi connectivity index (χ4v) is 3.04. The van der Waals surface area contributed by atoms with Gasteiger partial charge in [0, 0.05) is 36.2 Å². The number of aliphatic imine (C=N–C) groups is 1. The molecule has 0 bridgehead atoms. The van der Waals surface area contributed by atoms with Gasteiger partial charge in [0.25, 0.3) is 0 Å². The summed E-state index contributed by atoms with van der Waals surface area (Å²) in [7, 11) is 0. The third-order valence-corrected chi connectivity index (χ3v) is 4.27. The van der Waals surface area contributed by atoms with Crippen molar-refractivity contribution < 1.29 is 0 Å². The van der Waals surface area contributed by atoms with Crippen LogP contribution in [0.5, 0.6) is 0 Å². The second kappa shape index (κ2) is 7.36. The fraction of sp³-hybridized carbons (Fsp3) is 0.421. The van der Waals surface area contributed by atoms with Crippen LogP contribution in [0, 0.1) is 6.92 Å². The maximum atomic E-state index is 4.73. The Morgan fingerprint density at radius 3 is 2.91 bits per heavy atom. The van der Waals surface area contributed by atoms with Gasteiger partial charge in [-0.25, -0.2) is 0 Å². The van der Waals surface area contributed by atoms with E-state index in [1.165, 1.54) is 22.0 Å². The molecule has 122 valence electrons. The zero-order valence-electron chi connectivity index (χ0n) is 14.0. The van der Waals surface area contributed by atoms with Gasteiger partial charge >= 0.3 is 0 Å². The van der Waals surface area contributed by atoms with Gasteiger partial charge in [-0.05, 0) is 50.3 Å². The molecular formula is C19H26N4. The van der Waals surface area contributed by atoms with Gasteiger partial charge < -0.3 is 15.6 Å². The summed E-state index contributed by atoms with van der Waals surface area (Å²) in [4.78, 5) is 8.09. The molecule has 0 radical (unpaired) electrons. The van der Waals surface area contributed by atoms with Crippen molar-refractivity contribution in [3.63, 3.8) is 0 Å². The second-order valence-corrected chi connectivity index (χ2v) is 6.16. The van der Waals surface area contributed by atoms with E-state index in [-0.39, 0.29) is 0 Å². The zero-order chi connectivity index (χ0) is 16.1. The maximum absolute atomic E-state index is 4.73. The third kappa shape index (κ3) is 3.95. The van der Waals surface area contributed by atoms with E-state index in [0.29, 0.717) is 6.04 Å². The summed E-state index contributed by atoms with van der Waals surface area (Å²) in [6.07, 6.45) is 9.70. The van der Waals surface area contributed by atoms with Crippen LogP contribution in [0.4, 0.5) is 0 Å². The summed E-state index contributed by atoms with van der Waals surface area (Å²) < 4.78 is 0. The van der Waals surface area contributed by atoms with Crippen molar-refractivity contribution in [2.24, 2.45) is 4.99 Å². The van der Waals surface area contributed by atoms with Crippen LogP contribution in [0.15, 0.2) is 41.5 Å². The standard InChI is InChI=1S/C19H26N4/c1-3-20-19(23-16-6-4-5-7-16)21-11-10-15-13-22-18-12-14(2)8-9-17(15)18/h4-5,8-9,12-13,16,22H,3,6-7,10-11H2,1-2H3,(H2,20,21,23). The summed E-state index contributed by atoms with van der Waals surface area (Å²) in [5.41, 5.74) is 3.83. The molecule has 23 heavy (non-hydrogen) atoms. The molecule has 0 fully saturated rings. The summed E-state index contributed by atoms with van der Waals surface area (Å²) in [5.74, 6) is 0.928. The van der Waals surface area contributed by atoms with E-state index in [4.69, 9.17) is 4.99 Å². The number of fused-ring (bicyclic) bond motifs is 1. The van der Waals surface area contributed by atoms with Crippen molar-refractivity contribution in [1.82, 2.24) is 15.6 Å². The average molecular weight is 310 g/mol. The highest BCUT2D eigenvalue weighted by Crippen LogP contribution is 2.19. The minimum absolute atomic E-state index is 0.490. The molecule has 0 saturated heterocycles. The molecule has 2 aromatic rings. The van der Waals surface area contributed by atoms with E-state index in [9.17, 15) is 0 Å². The average Bonchev–Trinajstić information content (AvgIpc) is 3.17. The first-order valence-corrected chi connectivity index (χ1v) is 8.52. The molecule has 0 saturated carbocycles. The molecule has 1 aromatic heterocycles. The molecule has 0 spiro atoms. The van der Waals surface area contributed by atoms with E-state index in [2.05, 4.69) is 66.0 Å². The Morgan fingerprint density at radius 1 is 1.30 bits per heavy atom. The number of H-pyrrole nitrogens is 1. The Labute approximate surface area is 138 Å². The van der Waals surface area contributed by atoms with E-state index >= 15 is 0 Å². The van der Waals surface area contributed by atoms with Crippen LogP contribution < -0.4 is 10.6 Å². The lowest BCUT2D eigenvalue weighted by atomic mass is 10.1. The topological polar surface area (TPSA) is 52.2 Å². The Hall–Kier alpha value is -2.23. The molecule has 3 rings (SSSR count). The molecule has 0 aliphatic heterocycles. The Morgan fingerprint density at radius 2 is 2.13 bits per heavy atom. The van der Waals surface area contributed by atoms with E-state index in [1.54, 1.807) is 0 Å². The zero-order valence-corrected chi connectivity index (χ0v) is 14.0. The molecule has 1 aliphatic carbocycles. The van der Waals surface area contributed by atoms with E-state index in [1.807, 2.05) is 0 Å². The molecule has 4 heteroatoms. The smallest absolute Gasteiger partial charge is 0.191 e. The summed E-state index contributed by atoms with van der Waals surface area (Å²) >= 11 is 0. The summed E-state index contributed by atoms with van der Waals surface area (Å²) in [6.45, 7) is 5.90. The van der Waals surface area contributed by atoms with Crippen LogP contribution in [-0.2, 0) is 6.42 Å². The van der Waals surface area contributed by atoms with Crippen molar-refractivity contribution in [2.45, 2.75) is 39.2 Å². The van der Waals surface area contributed by atoms with Crippen LogP contribution in [0.1, 0.15) is 30.9 Å². The van der Waals surface area contributed by atoms with Gasteiger partial charge in [0.1, 0.15) is 0 Å². The quantitative estimate of drug-likeness (QED) is 0.451. The van der Waals surface area contributed by atoms with E-state index < -0.39 is 0 Å². The summed E-state index contributed by atoms with van der Waals surface area (Å²) in [5, 5.41) is 8.16. The normalized spacial score (nSPS) is 15.5. The van der Waals surface area contributed by atoms with Crippen LogP contribution >= 0.6 is 0 Å². The summed E-state index contributed by atoms with van der Waals surface area (Å²) in [6, 6.07) is 7.06. The molecule has 1 heterocycles. The molecule has 1 aromatic carbocycles. The minimum Gasteiger partial charge on any atom is -0.361 e. The van der Waals surface area contributed by atoms with Gasteiger partial charge in [-0.3, -0.25) is 4.99 Å². The Kier molecular flexibility index (Phi) is 5.01. The van der Waals surface area contributed by atoms with Crippen molar-refractivity contribution >= 4 is 16.9 Å². The lowest BCUT2D eigenvalue weighted by Gasteiger charge is -2.16. The lowest BCUT2D eigenvalue weighted by molar-refractivity contribution is 0.633. The first kappa shape index (κ1) is 15.7. The predicted molar refractivity (Wildman–Crippen MR) is 98.0 cm³/mol. The first-order valence-electron chi connectivity index (χ1n) is 8.52.